The summed E-state index contributed by atoms with van der Waals surface area (Å²) in [5.41, 5.74) is -2.02. The first kappa shape index (κ1) is 16.5. The number of allylic oxidation sites excluding steroid dienone is 1. The molecule has 128 valence electrons. The van der Waals surface area contributed by atoms with Crippen LogP contribution in [0, 0.1) is 0 Å². The summed E-state index contributed by atoms with van der Waals surface area (Å²) in [6.07, 6.45) is -0.284. The summed E-state index contributed by atoms with van der Waals surface area (Å²) in [6, 6.07) is 2.73. The Kier molecular flexibility index (Phi) is 3.86. The van der Waals surface area contributed by atoms with Crippen LogP contribution in [0.4, 0.5) is 19.2 Å². The van der Waals surface area contributed by atoms with Gasteiger partial charge < -0.3 is 4.42 Å². The molecular weight excluding hydrogens is 347 g/mol. The number of aromatic nitrogens is 1. The molecule has 1 aliphatic heterocycles. The number of sulfone groups is 1. The van der Waals surface area contributed by atoms with E-state index in [2.05, 4.69) is 9.98 Å². The van der Waals surface area contributed by atoms with Gasteiger partial charge in [0, 0.05) is 12.4 Å². The highest BCUT2D eigenvalue weighted by molar-refractivity contribution is 7.92. The van der Waals surface area contributed by atoms with Crippen molar-refractivity contribution in [2.45, 2.75) is 18.6 Å². The lowest BCUT2D eigenvalue weighted by atomic mass is 10.2. The molecule has 24 heavy (non-hydrogen) atoms. The number of hydrogen-bond donors (Lipinski definition) is 0. The standard InChI is InChI=1S/C14H12F3N3O3S/c1-2-24(21,22)13-18-6-3-7-20(13)12-19-10-8-9(14(15,16)17)4-5-11(10)23-12/h3-8,13H,2H2,1H3. The van der Waals surface area contributed by atoms with Crippen molar-refractivity contribution in [3.8, 4) is 0 Å². The van der Waals surface area contributed by atoms with Gasteiger partial charge in [0.25, 0.3) is 0 Å². The predicted molar refractivity (Wildman–Crippen MR) is 82.4 cm³/mol. The maximum atomic E-state index is 12.8. The van der Waals surface area contributed by atoms with Crippen molar-refractivity contribution < 1.29 is 26.0 Å². The van der Waals surface area contributed by atoms with Crippen LogP contribution in [-0.4, -0.2) is 30.9 Å². The Bertz CT molecular complexity index is 932. The van der Waals surface area contributed by atoms with Crippen LogP contribution in [0.1, 0.15) is 12.5 Å². The second-order valence-corrected chi connectivity index (χ2v) is 7.33. The summed E-state index contributed by atoms with van der Waals surface area (Å²) in [5.74, 6) is -0.155. The molecule has 10 heteroatoms. The number of fused-ring (bicyclic) bond motifs is 1. The molecule has 0 fully saturated rings. The third kappa shape index (κ3) is 2.88. The van der Waals surface area contributed by atoms with E-state index in [4.69, 9.17) is 4.42 Å². The number of alkyl halides is 3. The van der Waals surface area contributed by atoms with Crippen molar-refractivity contribution in [2.24, 2.45) is 4.99 Å². The zero-order valence-electron chi connectivity index (χ0n) is 12.4. The highest BCUT2D eigenvalue weighted by Gasteiger charge is 2.34. The second kappa shape index (κ2) is 5.62. The zero-order chi connectivity index (χ0) is 17.5. The Labute approximate surface area is 135 Å². The summed E-state index contributed by atoms with van der Waals surface area (Å²) in [5, 5.41) is 0. The van der Waals surface area contributed by atoms with Gasteiger partial charge in [0.15, 0.2) is 15.4 Å². The highest BCUT2D eigenvalue weighted by Crippen LogP contribution is 2.33. The summed E-state index contributed by atoms with van der Waals surface area (Å²) < 4.78 is 68.0. The van der Waals surface area contributed by atoms with E-state index in [1.54, 1.807) is 0 Å². The van der Waals surface area contributed by atoms with E-state index < -0.39 is 27.1 Å². The van der Waals surface area contributed by atoms with Crippen molar-refractivity contribution in [1.82, 2.24) is 4.98 Å². The van der Waals surface area contributed by atoms with Gasteiger partial charge in [-0.1, -0.05) is 6.92 Å². The van der Waals surface area contributed by atoms with Gasteiger partial charge in [-0.25, -0.2) is 8.42 Å². The number of aliphatic imine (C=N–C) groups is 1. The van der Waals surface area contributed by atoms with Gasteiger partial charge in [-0.15, -0.1) is 0 Å². The van der Waals surface area contributed by atoms with Crippen molar-refractivity contribution in [1.29, 1.82) is 0 Å². The molecule has 6 nitrogen and oxygen atoms in total. The number of anilines is 1. The summed E-state index contributed by atoms with van der Waals surface area (Å²) in [6.45, 7) is 1.48. The monoisotopic (exact) mass is 359 g/mol. The molecule has 0 amide bonds. The number of nitrogens with zero attached hydrogens (tertiary/aromatic N) is 3. The van der Waals surface area contributed by atoms with Crippen molar-refractivity contribution in [3.05, 3.63) is 36.0 Å². The van der Waals surface area contributed by atoms with Gasteiger partial charge in [0.1, 0.15) is 5.52 Å². The van der Waals surface area contributed by atoms with E-state index >= 15 is 0 Å². The molecule has 0 N–H and O–H groups in total. The van der Waals surface area contributed by atoms with E-state index in [1.165, 1.54) is 30.3 Å². The highest BCUT2D eigenvalue weighted by atomic mass is 32.2. The number of halogens is 3. The fourth-order valence-electron chi connectivity index (χ4n) is 2.18. The van der Waals surface area contributed by atoms with Gasteiger partial charge in [0.2, 0.25) is 5.50 Å². The fourth-order valence-corrected chi connectivity index (χ4v) is 3.24. The van der Waals surface area contributed by atoms with Gasteiger partial charge >= 0.3 is 12.2 Å². The average molecular weight is 359 g/mol. The molecule has 0 radical (unpaired) electrons. The number of hydrogen-bond acceptors (Lipinski definition) is 6. The van der Waals surface area contributed by atoms with Crippen molar-refractivity contribution in [3.63, 3.8) is 0 Å². The van der Waals surface area contributed by atoms with Crippen LogP contribution >= 0.6 is 0 Å². The molecule has 0 spiro atoms. The molecule has 0 bridgehead atoms. The molecule has 0 saturated carbocycles. The third-order valence-corrected chi connectivity index (χ3v) is 5.23. The first-order valence-corrected chi connectivity index (χ1v) is 8.61. The predicted octanol–water partition coefficient (Wildman–Crippen LogP) is 2.97. The summed E-state index contributed by atoms with van der Waals surface area (Å²) >= 11 is 0. The van der Waals surface area contributed by atoms with E-state index in [-0.39, 0.29) is 22.9 Å². The van der Waals surface area contributed by atoms with Crippen LogP contribution in [-0.2, 0) is 16.0 Å². The van der Waals surface area contributed by atoms with Crippen LogP contribution in [0.2, 0.25) is 0 Å². The van der Waals surface area contributed by atoms with E-state index in [9.17, 15) is 21.6 Å². The maximum Gasteiger partial charge on any atom is 0.416 e. The Balaban J connectivity index is 2.05. The smallest absolute Gasteiger partial charge is 0.416 e. The van der Waals surface area contributed by atoms with Crippen molar-refractivity contribution in [2.75, 3.05) is 10.7 Å². The lowest BCUT2D eigenvalue weighted by Crippen LogP contribution is -2.39. The number of benzene rings is 1. The van der Waals surface area contributed by atoms with Gasteiger partial charge in [0.05, 0.1) is 11.3 Å². The fraction of sp³-hybridized carbons (Fsp3) is 0.286. The number of rotatable bonds is 3. The summed E-state index contributed by atoms with van der Waals surface area (Å²) in [7, 11) is -3.59. The molecule has 0 aliphatic carbocycles. The molecule has 2 aromatic rings. The normalized spacial score (nSPS) is 18.5. The molecule has 0 saturated heterocycles. The van der Waals surface area contributed by atoms with Crippen LogP contribution in [0.3, 0.4) is 0 Å². The first-order chi connectivity index (χ1) is 11.2. The zero-order valence-corrected chi connectivity index (χ0v) is 13.2. The minimum absolute atomic E-state index is 0.0181. The minimum Gasteiger partial charge on any atom is -0.423 e. The van der Waals surface area contributed by atoms with Crippen LogP contribution in [0.5, 0.6) is 0 Å². The molecule has 1 aliphatic rings. The topological polar surface area (TPSA) is 75.8 Å². The molecule has 1 aromatic heterocycles. The van der Waals surface area contributed by atoms with E-state index in [0.717, 1.165) is 18.2 Å². The largest absolute Gasteiger partial charge is 0.423 e. The second-order valence-electron chi connectivity index (χ2n) is 5.00. The summed E-state index contributed by atoms with van der Waals surface area (Å²) in [4.78, 5) is 9.05. The lowest BCUT2D eigenvalue weighted by molar-refractivity contribution is -0.137. The van der Waals surface area contributed by atoms with Gasteiger partial charge in [-0.2, -0.15) is 18.2 Å². The molecule has 1 unspecified atom stereocenters. The Morgan fingerprint density at radius 1 is 1.33 bits per heavy atom. The Hall–Kier alpha value is -2.36. The minimum atomic E-state index is -4.50. The molecule has 1 atom stereocenters. The van der Waals surface area contributed by atoms with Gasteiger partial charge in [-0.05, 0) is 24.3 Å². The van der Waals surface area contributed by atoms with E-state index in [0.29, 0.717) is 0 Å². The SMILES string of the molecule is CCS(=O)(=O)C1N=CC=CN1c1nc2cc(C(F)(F)F)ccc2o1. The van der Waals surface area contributed by atoms with Crippen LogP contribution in [0.25, 0.3) is 11.1 Å². The van der Waals surface area contributed by atoms with Gasteiger partial charge in [-0.3, -0.25) is 9.89 Å². The Morgan fingerprint density at radius 3 is 2.75 bits per heavy atom. The molecular formula is C14H12F3N3O3S. The maximum absolute atomic E-state index is 12.8. The molecule has 1 aromatic carbocycles. The average Bonchev–Trinajstić information content (AvgIpc) is 2.97. The first-order valence-electron chi connectivity index (χ1n) is 6.90. The number of oxazole rings is 1. The third-order valence-electron chi connectivity index (χ3n) is 3.43. The quantitative estimate of drug-likeness (QED) is 0.842. The molecule has 3 rings (SSSR count). The lowest BCUT2D eigenvalue weighted by Gasteiger charge is -2.25. The Morgan fingerprint density at radius 2 is 2.08 bits per heavy atom. The van der Waals surface area contributed by atoms with Crippen LogP contribution in [0.15, 0.2) is 39.9 Å². The molecule has 2 heterocycles. The van der Waals surface area contributed by atoms with E-state index in [1.807, 2.05) is 0 Å². The van der Waals surface area contributed by atoms with Crippen molar-refractivity contribution >= 4 is 33.2 Å². The van der Waals surface area contributed by atoms with Crippen LogP contribution < -0.4 is 4.90 Å².